The lowest BCUT2D eigenvalue weighted by Crippen LogP contribution is -2.47. The molecule has 1 heterocycles. The highest BCUT2D eigenvalue weighted by molar-refractivity contribution is 7.98. The van der Waals surface area contributed by atoms with Crippen LogP contribution < -0.4 is 15.7 Å². The van der Waals surface area contributed by atoms with Crippen molar-refractivity contribution in [3.05, 3.63) is 39.7 Å². The average molecular weight is 422 g/mol. The predicted molar refractivity (Wildman–Crippen MR) is 114 cm³/mol. The summed E-state index contributed by atoms with van der Waals surface area (Å²) < 4.78 is 15.9. The third-order valence-electron chi connectivity index (χ3n) is 4.60. The molecule has 2 aromatic rings. The smallest absolute Gasteiger partial charge is 0.336 e. The van der Waals surface area contributed by atoms with Crippen molar-refractivity contribution in [1.82, 2.24) is 5.32 Å². The predicted octanol–water partition coefficient (Wildman–Crippen LogP) is 2.84. The van der Waals surface area contributed by atoms with E-state index in [1.807, 2.05) is 26.2 Å². The van der Waals surface area contributed by atoms with Gasteiger partial charge in [-0.25, -0.2) is 9.59 Å². The van der Waals surface area contributed by atoms with E-state index in [-0.39, 0.29) is 0 Å². The summed E-state index contributed by atoms with van der Waals surface area (Å²) in [6.45, 7) is 5.42. The van der Waals surface area contributed by atoms with E-state index in [4.69, 9.17) is 13.9 Å². The molecule has 2 rings (SSSR count). The minimum atomic E-state index is -0.851. The standard InChI is InChI=1S/C21H27NO6S/c1-6-14-10-15-12(2)9-19(23)28-18(15)11-17(14)27-13(3)20(24)22-16(7-8-29-5)21(25)26-4/h9-11,13,16H,6-8H2,1-5H3,(H,22,24)/t13-,16-/m1/s1. The van der Waals surface area contributed by atoms with Crippen LogP contribution in [0, 0.1) is 6.92 Å². The van der Waals surface area contributed by atoms with Crippen molar-refractivity contribution in [2.75, 3.05) is 19.1 Å². The molecular formula is C21H27NO6S. The third kappa shape index (κ3) is 5.76. The Morgan fingerprint density at radius 2 is 2.00 bits per heavy atom. The zero-order valence-corrected chi connectivity index (χ0v) is 18.2. The number of hydrogen-bond donors (Lipinski definition) is 1. The summed E-state index contributed by atoms with van der Waals surface area (Å²) in [5, 5.41) is 3.52. The van der Waals surface area contributed by atoms with Crippen molar-refractivity contribution in [2.24, 2.45) is 0 Å². The zero-order valence-electron chi connectivity index (χ0n) is 17.4. The summed E-state index contributed by atoms with van der Waals surface area (Å²) in [7, 11) is 1.29. The van der Waals surface area contributed by atoms with Crippen LogP contribution in [-0.4, -0.2) is 43.1 Å². The molecule has 0 fully saturated rings. The van der Waals surface area contributed by atoms with E-state index in [1.165, 1.54) is 13.2 Å². The highest BCUT2D eigenvalue weighted by Gasteiger charge is 2.25. The number of fused-ring (bicyclic) bond motifs is 1. The first-order chi connectivity index (χ1) is 13.8. The fourth-order valence-corrected chi connectivity index (χ4v) is 3.41. The number of hydrogen-bond acceptors (Lipinski definition) is 7. The topological polar surface area (TPSA) is 94.8 Å². The lowest BCUT2D eigenvalue weighted by molar-refractivity contribution is -0.146. The summed E-state index contributed by atoms with van der Waals surface area (Å²) in [6, 6.07) is 4.26. The largest absolute Gasteiger partial charge is 0.480 e. The van der Waals surface area contributed by atoms with Crippen molar-refractivity contribution >= 4 is 34.6 Å². The van der Waals surface area contributed by atoms with Crippen LogP contribution in [0.4, 0.5) is 0 Å². The van der Waals surface area contributed by atoms with Gasteiger partial charge in [-0.15, -0.1) is 0 Å². The molecule has 1 aromatic carbocycles. The normalized spacial score (nSPS) is 13.0. The van der Waals surface area contributed by atoms with Crippen LogP contribution in [0.2, 0.25) is 0 Å². The molecule has 0 unspecified atom stereocenters. The Morgan fingerprint density at radius 1 is 1.28 bits per heavy atom. The summed E-state index contributed by atoms with van der Waals surface area (Å²) in [5.41, 5.74) is 1.67. The number of nitrogens with one attached hydrogen (secondary N) is 1. The minimum Gasteiger partial charge on any atom is -0.480 e. The maximum Gasteiger partial charge on any atom is 0.336 e. The van der Waals surface area contributed by atoms with Gasteiger partial charge in [0.2, 0.25) is 0 Å². The zero-order chi connectivity index (χ0) is 21.6. The molecule has 8 heteroatoms. The van der Waals surface area contributed by atoms with Crippen LogP contribution in [0.15, 0.2) is 27.4 Å². The van der Waals surface area contributed by atoms with E-state index in [0.29, 0.717) is 29.9 Å². The lowest BCUT2D eigenvalue weighted by atomic mass is 10.1. The van der Waals surface area contributed by atoms with Crippen LogP contribution in [0.5, 0.6) is 5.75 Å². The monoisotopic (exact) mass is 421 g/mol. The Morgan fingerprint density at radius 3 is 2.62 bits per heavy atom. The minimum absolute atomic E-state index is 0.405. The number of amides is 1. The Hall–Kier alpha value is -2.48. The molecule has 0 spiro atoms. The van der Waals surface area contributed by atoms with E-state index in [1.54, 1.807) is 24.8 Å². The first-order valence-electron chi connectivity index (χ1n) is 9.41. The first-order valence-corrected chi connectivity index (χ1v) is 10.8. The Balaban J connectivity index is 2.23. The van der Waals surface area contributed by atoms with Gasteiger partial charge in [-0.3, -0.25) is 4.79 Å². The number of ether oxygens (including phenoxy) is 2. The molecule has 0 saturated heterocycles. The van der Waals surface area contributed by atoms with Crippen molar-refractivity contribution in [3.8, 4) is 5.75 Å². The van der Waals surface area contributed by atoms with Gasteiger partial charge in [-0.2, -0.15) is 11.8 Å². The van der Waals surface area contributed by atoms with Crippen molar-refractivity contribution in [2.45, 2.75) is 45.8 Å². The third-order valence-corrected chi connectivity index (χ3v) is 5.24. The SMILES string of the molecule is CCc1cc2c(C)cc(=O)oc2cc1O[C@H](C)C(=O)N[C@H](CCSC)C(=O)OC. The van der Waals surface area contributed by atoms with E-state index >= 15 is 0 Å². The van der Waals surface area contributed by atoms with Crippen molar-refractivity contribution < 1.29 is 23.5 Å². The molecule has 0 radical (unpaired) electrons. The molecule has 0 bridgehead atoms. The maximum atomic E-state index is 12.6. The molecule has 0 aliphatic heterocycles. The number of benzene rings is 1. The highest BCUT2D eigenvalue weighted by atomic mass is 32.2. The van der Waals surface area contributed by atoms with Crippen LogP contribution in [0.25, 0.3) is 11.0 Å². The fourth-order valence-electron chi connectivity index (χ4n) is 2.94. The van der Waals surface area contributed by atoms with Gasteiger partial charge in [0, 0.05) is 17.5 Å². The van der Waals surface area contributed by atoms with Gasteiger partial charge in [0.15, 0.2) is 6.10 Å². The van der Waals surface area contributed by atoms with Gasteiger partial charge in [0.25, 0.3) is 5.91 Å². The van der Waals surface area contributed by atoms with E-state index in [9.17, 15) is 14.4 Å². The quantitative estimate of drug-likeness (QED) is 0.491. The molecule has 0 saturated carbocycles. The Kier molecular flexibility index (Phi) is 8.13. The number of carbonyl (C=O) groups is 2. The molecule has 1 N–H and O–H groups in total. The molecule has 7 nitrogen and oxygen atoms in total. The number of methoxy groups -OCH3 is 1. The summed E-state index contributed by atoms with van der Waals surface area (Å²) in [4.78, 5) is 36.2. The van der Waals surface area contributed by atoms with Crippen molar-refractivity contribution in [3.63, 3.8) is 0 Å². The molecule has 29 heavy (non-hydrogen) atoms. The Labute approximate surface area is 174 Å². The van der Waals surface area contributed by atoms with Gasteiger partial charge in [0.1, 0.15) is 17.4 Å². The lowest BCUT2D eigenvalue weighted by Gasteiger charge is -2.21. The maximum absolute atomic E-state index is 12.6. The summed E-state index contributed by atoms with van der Waals surface area (Å²) in [5.74, 6) is 0.263. The second-order valence-electron chi connectivity index (χ2n) is 6.68. The van der Waals surface area contributed by atoms with E-state index < -0.39 is 29.6 Å². The number of aryl methyl sites for hydroxylation is 2. The van der Waals surface area contributed by atoms with Gasteiger partial charge in [-0.1, -0.05) is 6.92 Å². The summed E-state index contributed by atoms with van der Waals surface area (Å²) >= 11 is 1.58. The molecular weight excluding hydrogens is 394 g/mol. The van der Waals surface area contributed by atoms with E-state index in [0.717, 1.165) is 16.5 Å². The van der Waals surface area contributed by atoms with Gasteiger partial charge in [0.05, 0.1) is 7.11 Å². The van der Waals surface area contributed by atoms with Gasteiger partial charge in [-0.05, 0) is 55.9 Å². The molecule has 2 atom stereocenters. The number of esters is 1. The van der Waals surface area contributed by atoms with Crippen LogP contribution in [0.1, 0.15) is 31.4 Å². The van der Waals surface area contributed by atoms with Crippen molar-refractivity contribution in [1.29, 1.82) is 0 Å². The molecule has 0 aliphatic carbocycles. The summed E-state index contributed by atoms with van der Waals surface area (Å²) in [6.07, 6.45) is 2.22. The van der Waals surface area contributed by atoms with Crippen LogP contribution in [0.3, 0.4) is 0 Å². The second kappa shape index (κ2) is 10.3. The molecule has 1 amide bonds. The highest BCUT2D eigenvalue weighted by Crippen LogP contribution is 2.28. The number of carbonyl (C=O) groups excluding carboxylic acids is 2. The molecule has 0 aliphatic rings. The average Bonchev–Trinajstić information content (AvgIpc) is 2.69. The molecule has 158 valence electrons. The Bertz CT molecular complexity index is 939. The number of thioether (sulfide) groups is 1. The van der Waals surface area contributed by atoms with Gasteiger partial charge < -0.3 is 19.2 Å². The second-order valence-corrected chi connectivity index (χ2v) is 7.67. The fraction of sp³-hybridized carbons (Fsp3) is 0.476. The van der Waals surface area contributed by atoms with Crippen LogP contribution >= 0.6 is 11.8 Å². The molecule has 1 aromatic heterocycles. The van der Waals surface area contributed by atoms with Gasteiger partial charge >= 0.3 is 11.6 Å². The van der Waals surface area contributed by atoms with Crippen LogP contribution in [-0.2, 0) is 20.7 Å². The first kappa shape index (κ1) is 22.8. The van der Waals surface area contributed by atoms with E-state index in [2.05, 4.69) is 5.32 Å². The number of rotatable bonds is 9.